The van der Waals surface area contributed by atoms with E-state index in [1.807, 2.05) is 18.3 Å². The molecule has 4 heteroatoms. The maximum atomic E-state index is 6.14. The summed E-state index contributed by atoms with van der Waals surface area (Å²) in [5.41, 5.74) is 4.37. The van der Waals surface area contributed by atoms with Gasteiger partial charge < -0.3 is 0 Å². The standard InChI is InChI=1S/C15H12ClN3/c16-15-7-11(9-1-2-9)6-14(18-15)10-3-4-13-12(5-10)8-17-19-13/h3-9H,1-2H2,(H,17,19). The lowest BCUT2D eigenvalue weighted by atomic mass is 10.1. The summed E-state index contributed by atoms with van der Waals surface area (Å²) in [5, 5.41) is 8.66. The molecule has 1 aromatic carbocycles. The number of aromatic amines is 1. The van der Waals surface area contributed by atoms with Crippen molar-refractivity contribution in [1.82, 2.24) is 15.2 Å². The van der Waals surface area contributed by atoms with E-state index in [1.165, 1.54) is 18.4 Å². The predicted octanol–water partition coefficient (Wildman–Crippen LogP) is 4.16. The number of fused-ring (bicyclic) bond motifs is 1. The fraction of sp³-hybridized carbons (Fsp3) is 0.200. The Morgan fingerprint density at radius 2 is 2.05 bits per heavy atom. The molecule has 3 nitrogen and oxygen atoms in total. The van der Waals surface area contributed by atoms with E-state index in [4.69, 9.17) is 11.6 Å². The Balaban J connectivity index is 1.85. The molecule has 0 amide bonds. The lowest BCUT2D eigenvalue weighted by molar-refractivity contribution is 1.11. The third kappa shape index (κ3) is 2.00. The van der Waals surface area contributed by atoms with Crippen LogP contribution in [0.15, 0.2) is 36.5 Å². The van der Waals surface area contributed by atoms with Gasteiger partial charge in [-0.1, -0.05) is 17.7 Å². The van der Waals surface area contributed by atoms with Crippen LogP contribution in [-0.2, 0) is 0 Å². The number of halogens is 1. The molecule has 94 valence electrons. The fourth-order valence-electron chi connectivity index (χ4n) is 2.42. The minimum Gasteiger partial charge on any atom is -0.278 e. The second-order valence-corrected chi connectivity index (χ2v) is 5.44. The summed E-state index contributed by atoms with van der Waals surface area (Å²) in [5.74, 6) is 0.678. The van der Waals surface area contributed by atoms with Crippen LogP contribution >= 0.6 is 11.6 Å². The van der Waals surface area contributed by atoms with Gasteiger partial charge in [0.25, 0.3) is 0 Å². The van der Waals surface area contributed by atoms with Crippen molar-refractivity contribution >= 4 is 22.5 Å². The quantitative estimate of drug-likeness (QED) is 0.710. The summed E-state index contributed by atoms with van der Waals surface area (Å²) in [6.45, 7) is 0. The van der Waals surface area contributed by atoms with Crippen LogP contribution in [0.1, 0.15) is 24.3 Å². The van der Waals surface area contributed by atoms with Gasteiger partial charge in [-0.3, -0.25) is 5.10 Å². The van der Waals surface area contributed by atoms with E-state index in [-0.39, 0.29) is 0 Å². The molecule has 3 aromatic rings. The van der Waals surface area contributed by atoms with E-state index in [2.05, 4.69) is 33.4 Å². The zero-order valence-electron chi connectivity index (χ0n) is 10.2. The molecule has 0 atom stereocenters. The van der Waals surface area contributed by atoms with Gasteiger partial charge in [0.1, 0.15) is 5.15 Å². The van der Waals surface area contributed by atoms with Crippen molar-refractivity contribution in [1.29, 1.82) is 0 Å². The van der Waals surface area contributed by atoms with E-state index in [0.717, 1.165) is 22.2 Å². The smallest absolute Gasteiger partial charge is 0.130 e. The molecule has 1 aliphatic rings. The Hall–Kier alpha value is -1.87. The first-order valence-corrected chi connectivity index (χ1v) is 6.78. The molecule has 0 aliphatic heterocycles. The summed E-state index contributed by atoms with van der Waals surface area (Å²) in [4.78, 5) is 4.44. The third-order valence-corrected chi connectivity index (χ3v) is 3.79. The molecule has 0 bridgehead atoms. The highest BCUT2D eigenvalue weighted by atomic mass is 35.5. The number of pyridine rings is 1. The second kappa shape index (κ2) is 4.07. The monoisotopic (exact) mass is 269 g/mol. The van der Waals surface area contributed by atoms with E-state index in [1.54, 1.807) is 0 Å². The van der Waals surface area contributed by atoms with Crippen LogP contribution in [0, 0.1) is 0 Å². The van der Waals surface area contributed by atoms with Crippen molar-refractivity contribution in [2.75, 3.05) is 0 Å². The van der Waals surface area contributed by atoms with Crippen molar-refractivity contribution in [3.05, 3.63) is 47.2 Å². The lowest BCUT2D eigenvalue weighted by Gasteiger charge is -2.05. The number of aromatic nitrogens is 3. The zero-order valence-corrected chi connectivity index (χ0v) is 11.0. The predicted molar refractivity (Wildman–Crippen MR) is 76.3 cm³/mol. The highest BCUT2D eigenvalue weighted by Crippen LogP contribution is 2.41. The maximum absolute atomic E-state index is 6.14. The largest absolute Gasteiger partial charge is 0.278 e. The van der Waals surface area contributed by atoms with Crippen LogP contribution in [-0.4, -0.2) is 15.2 Å². The minimum absolute atomic E-state index is 0.576. The Morgan fingerprint density at radius 1 is 1.16 bits per heavy atom. The van der Waals surface area contributed by atoms with Crippen molar-refractivity contribution in [2.45, 2.75) is 18.8 Å². The molecule has 0 unspecified atom stereocenters. The first kappa shape index (κ1) is 11.0. The summed E-state index contributed by atoms with van der Waals surface area (Å²) in [7, 11) is 0. The molecule has 0 radical (unpaired) electrons. The van der Waals surface area contributed by atoms with Crippen LogP contribution in [0.3, 0.4) is 0 Å². The van der Waals surface area contributed by atoms with E-state index < -0.39 is 0 Å². The molecule has 1 saturated carbocycles. The topological polar surface area (TPSA) is 41.6 Å². The number of H-pyrrole nitrogens is 1. The van der Waals surface area contributed by atoms with Crippen molar-refractivity contribution in [2.24, 2.45) is 0 Å². The third-order valence-electron chi connectivity index (χ3n) is 3.60. The van der Waals surface area contributed by atoms with Crippen LogP contribution in [0.25, 0.3) is 22.2 Å². The molecule has 2 aromatic heterocycles. The van der Waals surface area contributed by atoms with Gasteiger partial charge in [-0.05, 0) is 48.6 Å². The van der Waals surface area contributed by atoms with E-state index in [0.29, 0.717) is 11.1 Å². The number of rotatable bonds is 2. The van der Waals surface area contributed by atoms with Gasteiger partial charge >= 0.3 is 0 Å². The molecular weight excluding hydrogens is 258 g/mol. The SMILES string of the molecule is Clc1cc(C2CC2)cc(-c2ccc3[nH]ncc3c2)n1. The summed E-state index contributed by atoms with van der Waals surface area (Å²) >= 11 is 6.14. The van der Waals surface area contributed by atoms with Crippen LogP contribution < -0.4 is 0 Å². The second-order valence-electron chi connectivity index (χ2n) is 5.05. The number of benzene rings is 1. The fourth-order valence-corrected chi connectivity index (χ4v) is 2.64. The summed E-state index contributed by atoms with van der Waals surface area (Å²) in [6, 6.07) is 10.3. The number of hydrogen-bond acceptors (Lipinski definition) is 2. The van der Waals surface area contributed by atoms with Gasteiger partial charge in [-0.2, -0.15) is 5.10 Å². The van der Waals surface area contributed by atoms with Crippen molar-refractivity contribution < 1.29 is 0 Å². The van der Waals surface area contributed by atoms with Gasteiger partial charge in [-0.25, -0.2) is 4.98 Å². The van der Waals surface area contributed by atoms with Crippen LogP contribution in [0.5, 0.6) is 0 Å². The average molecular weight is 270 g/mol. The van der Waals surface area contributed by atoms with Crippen LogP contribution in [0.2, 0.25) is 5.15 Å². The lowest BCUT2D eigenvalue weighted by Crippen LogP contribution is -1.88. The average Bonchev–Trinajstić information content (AvgIpc) is 3.16. The van der Waals surface area contributed by atoms with E-state index >= 15 is 0 Å². The molecule has 2 heterocycles. The van der Waals surface area contributed by atoms with Crippen LogP contribution in [0.4, 0.5) is 0 Å². The summed E-state index contributed by atoms with van der Waals surface area (Å²) < 4.78 is 0. The Labute approximate surface area is 115 Å². The zero-order chi connectivity index (χ0) is 12.8. The Bertz CT molecular complexity index is 759. The summed E-state index contributed by atoms with van der Waals surface area (Å²) in [6.07, 6.45) is 4.35. The van der Waals surface area contributed by atoms with Gasteiger partial charge in [0.2, 0.25) is 0 Å². The molecule has 4 rings (SSSR count). The van der Waals surface area contributed by atoms with E-state index in [9.17, 15) is 0 Å². The first-order chi connectivity index (χ1) is 9.29. The van der Waals surface area contributed by atoms with Gasteiger partial charge in [0.05, 0.1) is 17.4 Å². The highest BCUT2D eigenvalue weighted by Gasteiger charge is 2.24. The minimum atomic E-state index is 0.576. The normalized spacial score (nSPS) is 15.0. The molecular formula is C15H12ClN3. The number of nitrogens with zero attached hydrogens (tertiary/aromatic N) is 2. The van der Waals surface area contributed by atoms with Gasteiger partial charge in [0.15, 0.2) is 0 Å². The number of hydrogen-bond donors (Lipinski definition) is 1. The Kier molecular flexibility index (Phi) is 2.35. The highest BCUT2D eigenvalue weighted by molar-refractivity contribution is 6.29. The molecule has 1 fully saturated rings. The molecule has 1 aliphatic carbocycles. The maximum Gasteiger partial charge on any atom is 0.130 e. The molecule has 1 N–H and O–H groups in total. The molecule has 0 spiro atoms. The number of nitrogens with one attached hydrogen (secondary N) is 1. The van der Waals surface area contributed by atoms with Crippen molar-refractivity contribution in [3.8, 4) is 11.3 Å². The van der Waals surface area contributed by atoms with Crippen molar-refractivity contribution in [3.63, 3.8) is 0 Å². The molecule has 19 heavy (non-hydrogen) atoms. The first-order valence-electron chi connectivity index (χ1n) is 6.40. The Morgan fingerprint density at radius 3 is 2.89 bits per heavy atom. The van der Waals surface area contributed by atoms with Gasteiger partial charge in [-0.15, -0.1) is 0 Å². The molecule has 0 saturated heterocycles. The van der Waals surface area contributed by atoms with Gasteiger partial charge in [0, 0.05) is 10.9 Å².